The molecule has 1 aromatic rings. The van der Waals surface area contributed by atoms with Gasteiger partial charge in [0.25, 0.3) is 0 Å². The van der Waals surface area contributed by atoms with Gasteiger partial charge in [-0.05, 0) is 24.6 Å². The molecule has 2 N–H and O–H groups in total. The lowest BCUT2D eigenvalue weighted by Crippen LogP contribution is -2.18. The average Bonchev–Trinajstić information content (AvgIpc) is 2.17. The molecule has 1 nitrogen and oxygen atoms in total. The molecule has 1 rings (SSSR count). The first-order valence-corrected chi connectivity index (χ1v) is 4.65. The zero-order valence-electron chi connectivity index (χ0n) is 7.34. The number of halogens is 2. The number of benzene rings is 1. The Balaban J connectivity index is 2.67. The van der Waals surface area contributed by atoms with Crippen LogP contribution in [0.25, 0.3) is 0 Å². The van der Waals surface area contributed by atoms with E-state index in [-0.39, 0.29) is 12.6 Å². The zero-order valence-corrected chi connectivity index (χ0v) is 8.10. The Morgan fingerprint density at radius 1 is 1.38 bits per heavy atom. The number of alkyl halides is 1. The van der Waals surface area contributed by atoms with Gasteiger partial charge >= 0.3 is 0 Å². The van der Waals surface area contributed by atoms with Gasteiger partial charge in [-0.3, -0.25) is 4.39 Å². The van der Waals surface area contributed by atoms with Crippen LogP contribution < -0.4 is 5.73 Å². The van der Waals surface area contributed by atoms with Gasteiger partial charge in [0.15, 0.2) is 0 Å². The van der Waals surface area contributed by atoms with Crippen LogP contribution in [-0.4, -0.2) is 13.2 Å². The van der Waals surface area contributed by atoms with Crippen molar-refractivity contribution in [3.8, 4) is 0 Å². The smallest absolute Gasteiger partial charge is 0.0937 e. The van der Waals surface area contributed by atoms with E-state index in [1.54, 1.807) is 0 Å². The Labute approximate surface area is 82.7 Å². The summed E-state index contributed by atoms with van der Waals surface area (Å²) in [7, 11) is 0. The summed E-state index contributed by atoms with van der Waals surface area (Å²) >= 11 is 5.92. The summed E-state index contributed by atoms with van der Waals surface area (Å²) < 4.78 is 12.4. The zero-order chi connectivity index (χ0) is 9.68. The maximum absolute atomic E-state index is 12.4. The van der Waals surface area contributed by atoms with Gasteiger partial charge in [0.1, 0.15) is 0 Å². The van der Waals surface area contributed by atoms with Crippen molar-refractivity contribution in [3.05, 3.63) is 34.9 Å². The first kappa shape index (κ1) is 10.5. The standard InChI is InChI=1S/C10H13ClFN/c11-10-4-2-1-3-9(10)5-8(6-12)7-13/h1-4,8H,5-7,13H2. The first-order valence-electron chi connectivity index (χ1n) is 4.27. The Hall–Kier alpha value is -0.600. The Kier molecular flexibility index (Phi) is 4.19. The molecule has 0 amide bonds. The van der Waals surface area contributed by atoms with Gasteiger partial charge in [0, 0.05) is 10.9 Å². The number of rotatable bonds is 4. The van der Waals surface area contributed by atoms with Gasteiger partial charge in [0.05, 0.1) is 6.67 Å². The van der Waals surface area contributed by atoms with Crippen molar-refractivity contribution in [1.29, 1.82) is 0 Å². The third-order valence-electron chi connectivity index (χ3n) is 2.02. The molecule has 0 heterocycles. The Morgan fingerprint density at radius 2 is 2.08 bits per heavy atom. The number of hydrogen-bond donors (Lipinski definition) is 1. The molecule has 0 spiro atoms. The van der Waals surface area contributed by atoms with Crippen molar-refractivity contribution in [3.63, 3.8) is 0 Å². The van der Waals surface area contributed by atoms with Crippen LogP contribution in [0, 0.1) is 5.92 Å². The predicted molar refractivity (Wildman–Crippen MR) is 53.7 cm³/mol. The molecule has 3 heteroatoms. The van der Waals surface area contributed by atoms with Crippen LogP contribution in [0.1, 0.15) is 5.56 Å². The summed E-state index contributed by atoms with van der Waals surface area (Å²) in [5, 5.41) is 0.689. The third kappa shape index (κ3) is 2.98. The monoisotopic (exact) mass is 201 g/mol. The van der Waals surface area contributed by atoms with Crippen LogP contribution >= 0.6 is 11.6 Å². The van der Waals surface area contributed by atoms with E-state index >= 15 is 0 Å². The van der Waals surface area contributed by atoms with Crippen molar-refractivity contribution in [2.24, 2.45) is 11.7 Å². The number of hydrogen-bond acceptors (Lipinski definition) is 1. The molecular weight excluding hydrogens is 189 g/mol. The normalized spacial score (nSPS) is 12.8. The van der Waals surface area contributed by atoms with Crippen LogP contribution in [0.2, 0.25) is 5.02 Å². The second-order valence-electron chi connectivity index (χ2n) is 3.05. The van der Waals surface area contributed by atoms with Gasteiger partial charge in [-0.15, -0.1) is 0 Å². The Bertz CT molecular complexity index is 261. The highest BCUT2D eigenvalue weighted by Gasteiger charge is 2.08. The molecule has 0 aliphatic rings. The van der Waals surface area contributed by atoms with E-state index in [0.29, 0.717) is 18.0 Å². The highest BCUT2D eigenvalue weighted by atomic mass is 35.5. The third-order valence-corrected chi connectivity index (χ3v) is 2.39. The molecule has 1 aromatic carbocycles. The highest BCUT2D eigenvalue weighted by Crippen LogP contribution is 2.18. The molecule has 0 saturated heterocycles. The van der Waals surface area contributed by atoms with Crippen LogP contribution in [0.4, 0.5) is 4.39 Å². The maximum Gasteiger partial charge on any atom is 0.0937 e. The SMILES string of the molecule is NCC(CF)Cc1ccccc1Cl. The van der Waals surface area contributed by atoms with Crippen LogP contribution in [-0.2, 0) is 6.42 Å². The largest absolute Gasteiger partial charge is 0.330 e. The predicted octanol–water partition coefficient (Wildman–Crippen LogP) is 2.43. The molecule has 0 aromatic heterocycles. The van der Waals surface area contributed by atoms with E-state index in [1.807, 2.05) is 24.3 Å². The fourth-order valence-corrected chi connectivity index (χ4v) is 1.39. The summed E-state index contributed by atoms with van der Waals surface area (Å²) in [5.74, 6) is -0.111. The van der Waals surface area contributed by atoms with Gasteiger partial charge in [-0.25, -0.2) is 0 Å². The summed E-state index contributed by atoms with van der Waals surface area (Å²) in [4.78, 5) is 0. The topological polar surface area (TPSA) is 26.0 Å². The van der Waals surface area contributed by atoms with Crippen molar-refractivity contribution in [2.75, 3.05) is 13.2 Å². The molecule has 0 aliphatic carbocycles. The van der Waals surface area contributed by atoms with Crippen molar-refractivity contribution in [1.82, 2.24) is 0 Å². The highest BCUT2D eigenvalue weighted by molar-refractivity contribution is 6.31. The Morgan fingerprint density at radius 3 is 2.62 bits per heavy atom. The molecule has 0 radical (unpaired) electrons. The fraction of sp³-hybridized carbons (Fsp3) is 0.400. The summed E-state index contributed by atoms with van der Waals surface area (Å²) in [6.45, 7) is -0.0244. The molecule has 0 saturated carbocycles. The van der Waals surface area contributed by atoms with E-state index in [1.165, 1.54) is 0 Å². The van der Waals surface area contributed by atoms with Crippen LogP contribution in [0.3, 0.4) is 0 Å². The molecular formula is C10H13ClFN. The van der Waals surface area contributed by atoms with E-state index in [0.717, 1.165) is 5.56 Å². The quantitative estimate of drug-likeness (QED) is 0.796. The maximum atomic E-state index is 12.4. The van der Waals surface area contributed by atoms with Crippen molar-refractivity contribution < 1.29 is 4.39 Å². The minimum Gasteiger partial charge on any atom is -0.330 e. The molecule has 1 atom stereocenters. The van der Waals surface area contributed by atoms with Crippen molar-refractivity contribution in [2.45, 2.75) is 6.42 Å². The molecule has 0 bridgehead atoms. The number of nitrogens with two attached hydrogens (primary N) is 1. The van der Waals surface area contributed by atoms with Gasteiger partial charge in [0.2, 0.25) is 0 Å². The van der Waals surface area contributed by atoms with Gasteiger partial charge < -0.3 is 5.73 Å². The van der Waals surface area contributed by atoms with E-state index in [2.05, 4.69) is 0 Å². The minimum absolute atomic E-state index is 0.111. The summed E-state index contributed by atoms with van der Waals surface area (Å²) in [6, 6.07) is 7.47. The fourth-order valence-electron chi connectivity index (χ4n) is 1.18. The lowest BCUT2D eigenvalue weighted by Gasteiger charge is -2.10. The summed E-state index contributed by atoms with van der Waals surface area (Å²) in [5.41, 5.74) is 6.37. The second kappa shape index (κ2) is 5.20. The summed E-state index contributed by atoms with van der Waals surface area (Å²) in [6.07, 6.45) is 0.618. The second-order valence-corrected chi connectivity index (χ2v) is 3.46. The molecule has 13 heavy (non-hydrogen) atoms. The molecule has 72 valence electrons. The molecule has 0 aliphatic heterocycles. The lowest BCUT2D eigenvalue weighted by molar-refractivity contribution is 0.365. The van der Waals surface area contributed by atoms with E-state index in [9.17, 15) is 4.39 Å². The van der Waals surface area contributed by atoms with Crippen molar-refractivity contribution >= 4 is 11.6 Å². The average molecular weight is 202 g/mol. The van der Waals surface area contributed by atoms with Gasteiger partial charge in [-0.1, -0.05) is 29.8 Å². The van der Waals surface area contributed by atoms with E-state index < -0.39 is 0 Å². The molecule has 0 fully saturated rings. The van der Waals surface area contributed by atoms with Gasteiger partial charge in [-0.2, -0.15) is 0 Å². The first-order chi connectivity index (χ1) is 6.27. The van der Waals surface area contributed by atoms with E-state index in [4.69, 9.17) is 17.3 Å². The minimum atomic E-state index is -0.387. The lowest BCUT2D eigenvalue weighted by atomic mass is 10.0. The van der Waals surface area contributed by atoms with Crippen LogP contribution in [0.5, 0.6) is 0 Å². The molecule has 1 unspecified atom stereocenters. The van der Waals surface area contributed by atoms with Crippen LogP contribution in [0.15, 0.2) is 24.3 Å².